The lowest BCUT2D eigenvalue weighted by molar-refractivity contribution is -0.123. The van der Waals surface area contributed by atoms with E-state index in [2.05, 4.69) is 10.2 Å². The number of rotatable bonds is 7. The molecule has 0 radical (unpaired) electrons. The lowest BCUT2D eigenvalue weighted by atomic mass is 10.0. The van der Waals surface area contributed by atoms with Crippen molar-refractivity contribution >= 4 is 23.2 Å². The van der Waals surface area contributed by atoms with Gasteiger partial charge in [-0.2, -0.15) is 0 Å². The third-order valence-corrected chi connectivity index (χ3v) is 7.02. The van der Waals surface area contributed by atoms with Crippen molar-refractivity contribution in [3.05, 3.63) is 83.8 Å². The van der Waals surface area contributed by atoms with Crippen LogP contribution < -0.4 is 15.1 Å². The molecule has 0 bridgehead atoms. The first-order chi connectivity index (χ1) is 17.6. The highest BCUT2D eigenvalue weighted by atomic mass is 16.5. The van der Waals surface area contributed by atoms with E-state index in [-0.39, 0.29) is 23.6 Å². The van der Waals surface area contributed by atoms with E-state index in [1.165, 1.54) is 6.26 Å². The van der Waals surface area contributed by atoms with Gasteiger partial charge >= 0.3 is 0 Å². The molecule has 2 heterocycles. The number of amides is 2. The zero-order valence-electron chi connectivity index (χ0n) is 20.7. The number of carbonyl (C=O) groups is 2. The van der Waals surface area contributed by atoms with Gasteiger partial charge in [0.25, 0.3) is 5.91 Å². The molecule has 188 valence electrons. The molecule has 1 saturated carbocycles. The van der Waals surface area contributed by atoms with Gasteiger partial charge in [0, 0.05) is 30.5 Å². The Morgan fingerprint density at radius 1 is 1.00 bits per heavy atom. The van der Waals surface area contributed by atoms with E-state index in [1.807, 2.05) is 55.5 Å². The van der Waals surface area contributed by atoms with Crippen molar-refractivity contribution < 1.29 is 18.7 Å². The fourth-order valence-electron chi connectivity index (χ4n) is 5.14. The van der Waals surface area contributed by atoms with Crippen LogP contribution in [0.2, 0.25) is 0 Å². The van der Waals surface area contributed by atoms with Crippen LogP contribution in [0.1, 0.15) is 53.4 Å². The Balaban J connectivity index is 1.55. The number of benzene rings is 2. The van der Waals surface area contributed by atoms with Gasteiger partial charge in [-0.25, -0.2) is 0 Å². The molecule has 7 heteroatoms. The second kappa shape index (κ2) is 11.0. The molecule has 7 nitrogen and oxygen atoms in total. The maximum absolute atomic E-state index is 13.9. The SMILES string of the molecule is Cc1cccc(N(C(=O)c2ccco2)[C@@H](C(=O)NC2CCCC2)c2ccc(N3CCOCC3)cc2)c1. The van der Waals surface area contributed by atoms with Crippen LogP contribution >= 0.6 is 0 Å². The monoisotopic (exact) mass is 487 g/mol. The minimum Gasteiger partial charge on any atom is -0.459 e. The van der Waals surface area contributed by atoms with Crippen LogP contribution in [-0.2, 0) is 9.53 Å². The summed E-state index contributed by atoms with van der Waals surface area (Å²) in [6.45, 7) is 5.04. The van der Waals surface area contributed by atoms with E-state index in [9.17, 15) is 9.59 Å². The summed E-state index contributed by atoms with van der Waals surface area (Å²) in [5, 5.41) is 3.23. The summed E-state index contributed by atoms with van der Waals surface area (Å²) >= 11 is 0. The molecule has 1 aromatic heterocycles. The fourth-order valence-corrected chi connectivity index (χ4v) is 5.14. The lowest BCUT2D eigenvalue weighted by Crippen LogP contribution is -2.46. The fraction of sp³-hybridized carbons (Fsp3) is 0.379. The molecule has 1 N–H and O–H groups in total. The van der Waals surface area contributed by atoms with E-state index < -0.39 is 6.04 Å². The summed E-state index contributed by atoms with van der Waals surface area (Å²) in [7, 11) is 0. The molecule has 2 aromatic carbocycles. The van der Waals surface area contributed by atoms with Crippen LogP contribution in [0.5, 0.6) is 0 Å². The second-order valence-corrected chi connectivity index (χ2v) is 9.57. The molecule has 0 unspecified atom stereocenters. The Morgan fingerprint density at radius 2 is 1.75 bits per heavy atom. The number of carbonyl (C=O) groups excluding carboxylic acids is 2. The lowest BCUT2D eigenvalue weighted by Gasteiger charge is -2.33. The highest BCUT2D eigenvalue weighted by Crippen LogP contribution is 2.32. The highest BCUT2D eigenvalue weighted by Gasteiger charge is 2.36. The van der Waals surface area contributed by atoms with Crippen LogP contribution in [0.25, 0.3) is 0 Å². The van der Waals surface area contributed by atoms with E-state index in [0.717, 1.165) is 55.6 Å². The van der Waals surface area contributed by atoms with E-state index >= 15 is 0 Å². The van der Waals surface area contributed by atoms with Gasteiger partial charge in [0.15, 0.2) is 5.76 Å². The summed E-state index contributed by atoms with van der Waals surface area (Å²) < 4.78 is 11.0. The maximum Gasteiger partial charge on any atom is 0.294 e. The number of hydrogen-bond acceptors (Lipinski definition) is 5. The third kappa shape index (κ3) is 5.31. The zero-order valence-corrected chi connectivity index (χ0v) is 20.7. The first-order valence-corrected chi connectivity index (χ1v) is 12.8. The number of anilines is 2. The Morgan fingerprint density at radius 3 is 2.42 bits per heavy atom. The number of nitrogens with zero attached hydrogens (tertiary/aromatic N) is 2. The molecular weight excluding hydrogens is 454 g/mol. The van der Waals surface area contributed by atoms with Gasteiger partial charge in [0.1, 0.15) is 6.04 Å². The minimum absolute atomic E-state index is 0.130. The molecule has 2 fully saturated rings. The molecule has 1 saturated heterocycles. The summed E-state index contributed by atoms with van der Waals surface area (Å²) in [6, 6.07) is 18.3. The van der Waals surface area contributed by atoms with Gasteiger partial charge in [-0.3, -0.25) is 14.5 Å². The molecule has 3 aromatic rings. The molecule has 1 aliphatic heterocycles. The zero-order chi connectivity index (χ0) is 24.9. The van der Waals surface area contributed by atoms with Gasteiger partial charge in [-0.05, 0) is 67.3 Å². The number of furan rings is 1. The number of morpholine rings is 1. The average Bonchev–Trinajstić information content (AvgIpc) is 3.62. The molecule has 0 spiro atoms. The summed E-state index contributed by atoms with van der Waals surface area (Å²) in [5.41, 5.74) is 3.49. The van der Waals surface area contributed by atoms with Crippen LogP contribution in [0.15, 0.2) is 71.3 Å². The number of ether oxygens (including phenoxy) is 1. The quantitative estimate of drug-likeness (QED) is 0.515. The van der Waals surface area contributed by atoms with E-state index in [1.54, 1.807) is 17.0 Å². The van der Waals surface area contributed by atoms with Crippen molar-refractivity contribution in [3.63, 3.8) is 0 Å². The largest absolute Gasteiger partial charge is 0.459 e. The molecule has 36 heavy (non-hydrogen) atoms. The second-order valence-electron chi connectivity index (χ2n) is 9.57. The molecule has 1 atom stereocenters. The summed E-state index contributed by atoms with van der Waals surface area (Å²) in [5.74, 6) is -0.336. The van der Waals surface area contributed by atoms with Gasteiger partial charge < -0.3 is 19.4 Å². The van der Waals surface area contributed by atoms with Gasteiger partial charge in [-0.1, -0.05) is 37.1 Å². The van der Waals surface area contributed by atoms with Crippen molar-refractivity contribution in [2.45, 2.75) is 44.7 Å². The topological polar surface area (TPSA) is 75.0 Å². The first-order valence-electron chi connectivity index (χ1n) is 12.8. The first kappa shape index (κ1) is 24.1. The predicted octanol–water partition coefficient (Wildman–Crippen LogP) is 4.87. The third-order valence-electron chi connectivity index (χ3n) is 7.02. The minimum atomic E-state index is -0.844. The standard InChI is InChI=1S/C29H33N3O4/c1-21-6-4-9-25(20-21)32(29(34)26-10-5-17-36-26)27(28(33)30-23-7-2-3-8-23)22-11-13-24(14-12-22)31-15-18-35-19-16-31/h4-6,9-14,17,20,23,27H,2-3,7-8,15-16,18-19H2,1H3,(H,30,33)/t27-/m1/s1. The van der Waals surface area contributed by atoms with Crippen LogP contribution in [0.4, 0.5) is 11.4 Å². The van der Waals surface area contributed by atoms with Crippen molar-refractivity contribution in [3.8, 4) is 0 Å². The molecule has 2 amide bonds. The molecular formula is C29H33N3O4. The maximum atomic E-state index is 13.9. The smallest absolute Gasteiger partial charge is 0.294 e. The van der Waals surface area contributed by atoms with Crippen LogP contribution in [0.3, 0.4) is 0 Å². The molecule has 2 aliphatic rings. The van der Waals surface area contributed by atoms with E-state index in [4.69, 9.17) is 9.15 Å². The predicted molar refractivity (Wildman–Crippen MR) is 139 cm³/mol. The van der Waals surface area contributed by atoms with Crippen molar-refractivity contribution in [2.75, 3.05) is 36.1 Å². The van der Waals surface area contributed by atoms with Crippen LogP contribution in [-0.4, -0.2) is 44.2 Å². The Hall–Kier alpha value is -3.58. The summed E-state index contributed by atoms with van der Waals surface area (Å²) in [4.78, 5) is 31.6. The number of nitrogens with one attached hydrogen (secondary N) is 1. The van der Waals surface area contributed by atoms with Gasteiger partial charge in [0.05, 0.1) is 19.5 Å². The van der Waals surface area contributed by atoms with E-state index in [0.29, 0.717) is 18.9 Å². The molecule has 1 aliphatic carbocycles. The van der Waals surface area contributed by atoms with Gasteiger partial charge in [-0.15, -0.1) is 0 Å². The highest BCUT2D eigenvalue weighted by molar-refractivity contribution is 6.08. The van der Waals surface area contributed by atoms with Crippen molar-refractivity contribution in [1.29, 1.82) is 0 Å². The Bertz CT molecular complexity index is 1160. The normalized spacial score (nSPS) is 17.1. The van der Waals surface area contributed by atoms with Gasteiger partial charge in [0.2, 0.25) is 5.91 Å². The number of hydrogen-bond donors (Lipinski definition) is 1. The molecule has 5 rings (SSSR count). The Kier molecular flexibility index (Phi) is 7.37. The number of aryl methyl sites for hydroxylation is 1. The van der Waals surface area contributed by atoms with Crippen molar-refractivity contribution in [1.82, 2.24) is 5.32 Å². The summed E-state index contributed by atoms with van der Waals surface area (Å²) in [6.07, 6.45) is 5.62. The van der Waals surface area contributed by atoms with Crippen molar-refractivity contribution in [2.24, 2.45) is 0 Å². The Labute approximate surface area is 212 Å². The van der Waals surface area contributed by atoms with Crippen LogP contribution in [0, 0.1) is 6.92 Å². The average molecular weight is 488 g/mol.